The fraction of sp³-hybridized carbons (Fsp3) is 0.304. The third kappa shape index (κ3) is 4.67. The van der Waals surface area contributed by atoms with Crippen molar-refractivity contribution in [2.24, 2.45) is 0 Å². The fourth-order valence-corrected chi connectivity index (χ4v) is 5.33. The molecule has 4 rings (SSSR count). The first-order chi connectivity index (χ1) is 15.1. The van der Waals surface area contributed by atoms with Crippen LogP contribution in [0.4, 0.5) is 0 Å². The van der Waals surface area contributed by atoms with Crippen LogP contribution in [0.3, 0.4) is 0 Å². The lowest BCUT2D eigenvalue weighted by Crippen LogP contribution is -2.66. The molecule has 162 valence electrons. The highest BCUT2D eigenvalue weighted by molar-refractivity contribution is 8.00. The summed E-state index contributed by atoms with van der Waals surface area (Å²) in [5.74, 6) is 1.16. The number of hydrogen-bond donors (Lipinski definition) is 1. The molecule has 2 aromatic rings. The second-order valence-corrected chi connectivity index (χ2v) is 8.68. The number of nitrogens with one attached hydrogen (secondary N) is 1. The molecule has 0 bridgehead atoms. The summed E-state index contributed by atoms with van der Waals surface area (Å²) < 4.78 is 10.7. The lowest BCUT2D eigenvalue weighted by Gasteiger charge is -2.52. The predicted octanol–water partition coefficient (Wildman–Crippen LogP) is 3.42. The second kappa shape index (κ2) is 9.66. The van der Waals surface area contributed by atoms with Gasteiger partial charge in [0.2, 0.25) is 0 Å². The third-order valence-electron chi connectivity index (χ3n) is 5.33. The Morgan fingerprint density at radius 3 is 2.58 bits per heavy atom. The smallest absolute Gasteiger partial charge is 0.355 e. The molecule has 1 amide bonds. The van der Waals surface area contributed by atoms with E-state index >= 15 is 0 Å². The van der Waals surface area contributed by atoms with Crippen molar-refractivity contribution in [3.05, 3.63) is 77.0 Å². The lowest BCUT2D eigenvalue weighted by molar-refractivity contribution is -0.143. The molecule has 0 saturated carbocycles. The molecule has 0 aromatic heterocycles. The molecule has 8 heteroatoms. The average molecular weight is 459 g/mol. The molecule has 2 aromatic carbocycles. The highest BCUT2D eigenvalue weighted by Crippen LogP contribution is 2.40. The molecular weight excluding hydrogens is 436 g/mol. The Labute approximate surface area is 190 Å². The third-order valence-corrected chi connectivity index (χ3v) is 7.09. The van der Waals surface area contributed by atoms with Gasteiger partial charge in [-0.3, -0.25) is 4.79 Å². The molecule has 0 radical (unpaired) electrons. The molecule has 2 aliphatic heterocycles. The van der Waals surface area contributed by atoms with Gasteiger partial charge in [-0.15, -0.1) is 23.4 Å². The number of nitrogens with zero attached hydrogens (tertiary/aromatic N) is 1. The minimum absolute atomic E-state index is 0.0110. The van der Waals surface area contributed by atoms with Crippen molar-refractivity contribution in [1.82, 2.24) is 10.2 Å². The van der Waals surface area contributed by atoms with Crippen molar-refractivity contribution < 1.29 is 19.1 Å². The Morgan fingerprint density at radius 2 is 1.90 bits per heavy atom. The molecule has 0 spiro atoms. The quantitative estimate of drug-likeness (QED) is 0.506. The summed E-state index contributed by atoms with van der Waals surface area (Å²) in [4.78, 5) is 27.4. The van der Waals surface area contributed by atoms with Crippen LogP contribution in [0.5, 0.6) is 5.75 Å². The molecule has 2 aliphatic rings. The number of rotatable bonds is 7. The Morgan fingerprint density at radius 1 is 1.16 bits per heavy atom. The Kier molecular flexibility index (Phi) is 6.73. The van der Waals surface area contributed by atoms with E-state index in [0.29, 0.717) is 23.6 Å². The summed E-state index contributed by atoms with van der Waals surface area (Å²) in [5.41, 5.74) is 2.88. The topological polar surface area (TPSA) is 67.9 Å². The van der Waals surface area contributed by atoms with E-state index in [1.54, 1.807) is 31.0 Å². The van der Waals surface area contributed by atoms with Crippen LogP contribution in [-0.4, -0.2) is 53.5 Å². The first-order valence-electron chi connectivity index (χ1n) is 9.93. The largest absolute Gasteiger partial charge is 0.497 e. The summed E-state index contributed by atoms with van der Waals surface area (Å²) in [6, 6.07) is 16.5. The van der Waals surface area contributed by atoms with Gasteiger partial charge in [0.05, 0.1) is 18.5 Å². The predicted molar refractivity (Wildman–Crippen MR) is 121 cm³/mol. The van der Waals surface area contributed by atoms with Gasteiger partial charge in [0.25, 0.3) is 5.91 Å². The zero-order valence-corrected chi connectivity index (χ0v) is 18.6. The highest BCUT2D eigenvalue weighted by atomic mass is 35.5. The minimum atomic E-state index is -0.385. The molecule has 6 nitrogen and oxygen atoms in total. The van der Waals surface area contributed by atoms with E-state index < -0.39 is 0 Å². The van der Waals surface area contributed by atoms with Crippen molar-refractivity contribution in [2.45, 2.75) is 18.0 Å². The van der Waals surface area contributed by atoms with Crippen LogP contribution in [-0.2, 0) is 16.1 Å². The number of methoxy groups -OCH3 is 1. The van der Waals surface area contributed by atoms with Gasteiger partial charge in [0, 0.05) is 23.7 Å². The van der Waals surface area contributed by atoms with E-state index in [-0.39, 0.29) is 35.8 Å². The number of carbonyl (C=O) groups excluding carboxylic acids is 2. The highest BCUT2D eigenvalue weighted by Gasteiger charge is 2.46. The van der Waals surface area contributed by atoms with E-state index in [1.807, 2.05) is 47.4 Å². The number of esters is 1. The number of carbonyl (C=O) groups is 2. The molecule has 0 aliphatic carbocycles. The van der Waals surface area contributed by atoms with Gasteiger partial charge in [-0.25, -0.2) is 4.79 Å². The van der Waals surface area contributed by atoms with Crippen molar-refractivity contribution in [3.63, 3.8) is 0 Å². The molecule has 2 atom stereocenters. The Balaban J connectivity index is 1.39. The molecule has 31 heavy (non-hydrogen) atoms. The van der Waals surface area contributed by atoms with Crippen LogP contribution < -0.4 is 10.1 Å². The molecule has 1 fully saturated rings. The maximum atomic E-state index is 12.9. The first kappa shape index (κ1) is 21.6. The standard InChI is InChI=1S/C23H23ClN2O4S/c1-29-18-9-7-15(8-10-18)13-30-23(28)20-17(11-24)14-31-22-19(12-26(20)22)25-21(27)16-5-3-2-4-6-16/h2-10,19,22H,11-14H2,1H3,(H,25,27)/t19-,22-/m1/s1. The number of halogens is 1. The fourth-order valence-electron chi connectivity index (χ4n) is 3.63. The van der Waals surface area contributed by atoms with E-state index in [0.717, 1.165) is 16.9 Å². The number of ether oxygens (including phenoxy) is 2. The number of amides is 1. The molecule has 1 N–H and O–H groups in total. The minimum Gasteiger partial charge on any atom is -0.497 e. The molecule has 0 unspecified atom stereocenters. The number of alkyl halides is 1. The van der Waals surface area contributed by atoms with Crippen LogP contribution in [0.15, 0.2) is 65.9 Å². The van der Waals surface area contributed by atoms with Crippen LogP contribution in [0.2, 0.25) is 0 Å². The van der Waals surface area contributed by atoms with E-state index in [1.165, 1.54) is 0 Å². The average Bonchev–Trinajstić information content (AvgIpc) is 2.81. The summed E-state index contributed by atoms with van der Waals surface area (Å²) in [5, 5.41) is 3.06. The number of thioether (sulfide) groups is 1. The van der Waals surface area contributed by atoms with Crippen LogP contribution in [0, 0.1) is 0 Å². The Hall–Kier alpha value is -2.64. The zero-order valence-electron chi connectivity index (χ0n) is 17.0. The molecule has 1 saturated heterocycles. The second-order valence-electron chi connectivity index (χ2n) is 7.31. The maximum Gasteiger partial charge on any atom is 0.355 e. The number of fused-ring (bicyclic) bond motifs is 1. The van der Waals surface area contributed by atoms with Crippen molar-refractivity contribution in [1.29, 1.82) is 0 Å². The first-order valence-corrected chi connectivity index (χ1v) is 11.5. The van der Waals surface area contributed by atoms with Crippen LogP contribution >= 0.6 is 23.4 Å². The number of hydrogen-bond acceptors (Lipinski definition) is 6. The van der Waals surface area contributed by atoms with Gasteiger partial charge in [0.1, 0.15) is 18.1 Å². The van der Waals surface area contributed by atoms with Crippen molar-refractivity contribution in [2.75, 3.05) is 25.3 Å². The van der Waals surface area contributed by atoms with Crippen LogP contribution in [0.1, 0.15) is 15.9 Å². The molecular formula is C23H23ClN2O4S. The van der Waals surface area contributed by atoms with Gasteiger partial charge in [-0.05, 0) is 35.4 Å². The lowest BCUT2D eigenvalue weighted by atomic mass is 10.0. The van der Waals surface area contributed by atoms with Crippen molar-refractivity contribution in [3.8, 4) is 5.75 Å². The number of benzene rings is 2. The molecule has 2 heterocycles. The monoisotopic (exact) mass is 458 g/mol. The Bertz CT molecular complexity index is 981. The SMILES string of the molecule is COc1ccc(COC(=O)C2=C(CCl)CS[C@@H]3[C@H](NC(=O)c4ccccc4)CN23)cc1. The van der Waals surface area contributed by atoms with E-state index in [2.05, 4.69) is 5.32 Å². The van der Waals surface area contributed by atoms with Crippen LogP contribution in [0.25, 0.3) is 0 Å². The van der Waals surface area contributed by atoms with Gasteiger partial charge in [0.15, 0.2) is 0 Å². The van der Waals surface area contributed by atoms with Gasteiger partial charge in [-0.2, -0.15) is 0 Å². The van der Waals surface area contributed by atoms with Gasteiger partial charge < -0.3 is 19.7 Å². The van der Waals surface area contributed by atoms with Gasteiger partial charge >= 0.3 is 5.97 Å². The van der Waals surface area contributed by atoms with Gasteiger partial charge in [-0.1, -0.05) is 30.3 Å². The van der Waals surface area contributed by atoms with E-state index in [9.17, 15) is 9.59 Å². The summed E-state index contributed by atoms with van der Waals surface area (Å²) >= 11 is 7.80. The maximum absolute atomic E-state index is 12.9. The summed E-state index contributed by atoms with van der Waals surface area (Å²) in [7, 11) is 1.61. The normalized spacial score (nSPS) is 19.9. The summed E-state index contributed by atoms with van der Waals surface area (Å²) in [6.45, 7) is 0.714. The zero-order chi connectivity index (χ0) is 21.8. The van der Waals surface area contributed by atoms with Crippen molar-refractivity contribution >= 4 is 35.2 Å². The van der Waals surface area contributed by atoms with E-state index in [4.69, 9.17) is 21.1 Å². The summed E-state index contributed by atoms with van der Waals surface area (Å²) in [6.07, 6.45) is 0.